The molecule has 16 heavy (non-hydrogen) atoms. The van der Waals surface area contributed by atoms with E-state index in [1.54, 1.807) is 0 Å². The van der Waals surface area contributed by atoms with Gasteiger partial charge in [0.25, 0.3) is 0 Å². The molecule has 0 unspecified atom stereocenters. The van der Waals surface area contributed by atoms with Crippen molar-refractivity contribution in [1.82, 2.24) is 0 Å². The molecule has 0 aromatic heterocycles. The number of ether oxygens (including phenoxy) is 2. The Morgan fingerprint density at radius 2 is 1.38 bits per heavy atom. The molecule has 0 aromatic rings. The van der Waals surface area contributed by atoms with Gasteiger partial charge in [0.2, 0.25) is 0 Å². The Morgan fingerprint density at radius 3 is 2.00 bits per heavy atom. The molecule has 0 aliphatic carbocycles. The van der Waals surface area contributed by atoms with Crippen LogP contribution in [0.25, 0.3) is 0 Å². The lowest BCUT2D eigenvalue weighted by Gasteiger charge is -2.07. The van der Waals surface area contributed by atoms with Crippen LogP contribution >= 0.6 is 0 Å². The smallest absolute Gasteiger partial charge is 0.330 e. The summed E-state index contributed by atoms with van der Waals surface area (Å²) < 4.78 is 8.72. The number of cyclic esters (lactones) is 4. The van der Waals surface area contributed by atoms with E-state index in [1.807, 2.05) is 0 Å². The van der Waals surface area contributed by atoms with Crippen LogP contribution in [0, 0.1) is 0 Å². The van der Waals surface area contributed by atoms with Crippen molar-refractivity contribution in [2.45, 2.75) is 31.7 Å². The van der Waals surface area contributed by atoms with Crippen LogP contribution in [0.2, 0.25) is 0 Å². The van der Waals surface area contributed by atoms with E-state index in [2.05, 4.69) is 9.47 Å². The van der Waals surface area contributed by atoms with Gasteiger partial charge in [-0.15, -0.1) is 0 Å². The number of esters is 4. The van der Waals surface area contributed by atoms with Gasteiger partial charge < -0.3 is 15.2 Å². The first-order valence-electron chi connectivity index (χ1n) is 4.72. The Balaban J connectivity index is 2.69. The molecule has 1 aliphatic rings. The minimum atomic E-state index is -1.07. The van der Waals surface area contributed by atoms with Crippen LogP contribution < -0.4 is 5.73 Å². The molecular formula is C9H11NO6. The second kappa shape index (κ2) is 5.36. The lowest BCUT2D eigenvalue weighted by Crippen LogP contribution is -2.34. The highest BCUT2D eigenvalue weighted by Gasteiger charge is 2.23. The number of nitrogens with two attached hydrogens (primary N) is 1. The van der Waals surface area contributed by atoms with Crippen molar-refractivity contribution in [3.63, 3.8) is 0 Å². The fraction of sp³-hybridized carbons (Fsp3) is 0.556. The maximum absolute atomic E-state index is 11.1. The number of hydrogen-bond donors (Lipinski definition) is 1. The van der Waals surface area contributed by atoms with Crippen LogP contribution in [0.4, 0.5) is 0 Å². The van der Waals surface area contributed by atoms with Gasteiger partial charge in [0.1, 0.15) is 6.04 Å². The third-order valence-electron chi connectivity index (χ3n) is 1.94. The average Bonchev–Trinajstić information content (AvgIpc) is 2.23. The van der Waals surface area contributed by atoms with Gasteiger partial charge in [-0.3, -0.25) is 14.4 Å². The summed E-state index contributed by atoms with van der Waals surface area (Å²) in [5.41, 5.74) is 5.36. The summed E-state index contributed by atoms with van der Waals surface area (Å²) >= 11 is 0. The molecule has 0 spiro atoms. The zero-order valence-corrected chi connectivity index (χ0v) is 8.43. The molecule has 1 fully saturated rings. The van der Waals surface area contributed by atoms with E-state index < -0.39 is 29.9 Å². The van der Waals surface area contributed by atoms with Gasteiger partial charge in [0.05, 0.1) is 12.8 Å². The summed E-state index contributed by atoms with van der Waals surface area (Å²) in [6, 6.07) is -1.07. The molecule has 1 saturated heterocycles. The zero-order chi connectivity index (χ0) is 12.1. The zero-order valence-electron chi connectivity index (χ0n) is 8.43. The molecule has 7 nitrogen and oxygen atoms in total. The quantitative estimate of drug-likeness (QED) is 0.419. The molecule has 1 heterocycles. The molecule has 2 N–H and O–H groups in total. The highest BCUT2D eigenvalue weighted by molar-refractivity contribution is 5.92. The average molecular weight is 229 g/mol. The number of rotatable bonds is 0. The first kappa shape index (κ1) is 12.3. The number of carbonyl (C=O) groups is 4. The fourth-order valence-corrected chi connectivity index (χ4v) is 1.06. The number of carbonyl (C=O) groups excluding carboxylic acids is 4. The van der Waals surface area contributed by atoms with E-state index in [9.17, 15) is 19.2 Å². The molecule has 1 aliphatic heterocycles. The lowest BCUT2D eigenvalue weighted by molar-refractivity contribution is -0.164. The van der Waals surface area contributed by atoms with E-state index in [-0.39, 0.29) is 25.7 Å². The molecule has 1 rings (SSSR count). The summed E-state index contributed by atoms with van der Waals surface area (Å²) in [4.78, 5) is 44.1. The monoisotopic (exact) mass is 229 g/mol. The summed E-state index contributed by atoms with van der Waals surface area (Å²) in [5, 5.41) is 0. The van der Waals surface area contributed by atoms with Gasteiger partial charge >= 0.3 is 23.9 Å². The fourth-order valence-electron chi connectivity index (χ4n) is 1.06. The Labute approximate surface area is 90.9 Å². The molecule has 7 heteroatoms. The van der Waals surface area contributed by atoms with Crippen molar-refractivity contribution in [2.75, 3.05) is 0 Å². The van der Waals surface area contributed by atoms with Crippen LogP contribution in [-0.4, -0.2) is 29.9 Å². The highest BCUT2D eigenvalue weighted by atomic mass is 16.6. The highest BCUT2D eigenvalue weighted by Crippen LogP contribution is 2.05. The number of hydrogen-bond acceptors (Lipinski definition) is 7. The molecule has 88 valence electrons. The topological polar surface area (TPSA) is 113 Å². The first-order chi connectivity index (χ1) is 7.49. The van der Waals surface area contributed by atoms with Crippen molar-refractivity contribution in [2.24, 2.45) is 5.73 Å². The SMILES string of the molecule is N[C@H]1CCC(=O)OC(=O)CCC(=O)OC1=O. The van der Waals surface area contributed by atoms with Gasteiger partial charge in [-0.2, -0.15) is 0 Å². The van der Waals surface area contributed by atoms with Crippen molar-refractivity contribution in [3.05, 3.63) is 0 Å². The molecule has 1 atom stereocenters. The van der Waals surface area contributed by atoms with Gasteiger partial charge in [-0.1, -0.05) is 0 Å². The Morgan fingerprint density at radius 1 is 0.875 bits per heavy atom. The minimum absolute atomic E-state index is 0.0295. The molecule has 0 radical (unpaired) electrons. The standard InChI is InChI=1S/C9H11NO6/c10-5-1-2-6(11)15-7(12)3-4-8(13)16-9(5)14/h5H,1-4,10H2/t5-/m0/s1. The van der Waals surface area contributed by atoms with Gasteiger partial charge in [0, 0.05) is 6.42 Å². The predicted octanol–water partition coefficient (Wildman–Crippen LogP) is -0.973. The second-order valence-electron chi connectivity index (χ2n) is 3.28. The van der Waals surface area contributed by atoms with Gasteiger partial charge in [-0.05, 0) is 6.42 Å². The van der Waals surface area contributed by atoms with E-state index in [0.29, 0.717) is 0 Å². The first-order valence-corrected chi connectivity index (χ1v) is 4.72. The van der Waals surface area contributed by atoms with Crippen molar-refractivity contribution in [3.8, 4) is 0 Å². The largest absolute Gasteiger partial charge is 0.393 e. The van der Waals surface area contributed by atoms with Crippen LogP contribution in [0.15, 0.2) is 0 Å². The van der Waals surface area contributed by atoms with E-state index >= 15 is 0 Å². The predicted molar refractivity (Wildman–Crippen MR) is 48.6 cm³/mol. The molecule has 0 bridgehead atoms. The molecular weight excluding hydrogens is 218 g/mol. The van der Waals surface area contributed by atoms with Crippen LogP contribution in [-0.2, 0) is 28.7 Å². The summed E-state index contributed by atoms with van der Waals surface area (Å²) in [6.45, 7) is 0. The molecule has 0 saturated carbocycles. The minimum Gasteiger partial charge on any atom is -0.393 e. The van der Waals surface area contributed by atoms with E-state index in [4.69, 9.17) is 5.73 Å². The van der Waals surface area contributed by atoms with Gasteiger partial charge in [0.15, 0.2) is 0 Å². The summed E-state index contributed by atoms with van der Waals surface area (Å²) in [7, 11) is 0. The summed E-state index contributed by atoms with van der Waals surface area (Å²) in [6.07, 6.45) is -0.813. The van der Waals surface area contributed by atoms with Gasteiger partial charge in [-0.25, -0.2) is 4.79 Å². The van der Waals surface area contributed by atoms with Crippen LogP contribution in [0.5, 0.6) is 0 Å². The van der Waals surface area contributed by atoms with Crippen molar-refractivity contribution >= 4 is 23.9 Å². The normalized spacial score (nSPS) is 24.4. The van der Waals surface area contributed by atoms with Crippen molar-refractivity contribution in [1.29, 1.82) is 0 Å². The third-order valence-corrected chi connectivity index (χ3v) is 1.94. The Kier molecular flexibility index (Phi) is 4.12. The molecule has 0 aromatic carbocycles. The van der Waals surface area contributed by atoms with Crippen LogP contribution in [0.3, 0.4) is 0 Å². The molecule has 0 amide bonds. The summed E-state index contributed by atoms with van der Waals surface area (Å²) in [5.74, 6) is -3.33. The third kappa shape index (κ3) is 3.77. The maximum atomic E-state index is 11.1. The van der Waals surface area contributed by atoms with Crippen LogP contribution in [0.1, 0.15) is 25.7 Å². The Hall–Kier alpha value is -1.76. The second-order valence-corrected chi connectivity index (χ2v) is 3.28. The lowest BCUT2D eigenvalue weighted by atomic mass is 10.2. The van der Waals surface area contributed by atoms with E-state index in [0.717, 1.165) is 0 Å². The van der Waals surface area contributed by atoms with E-state index in [1.165, 1.54) is 0 Å². The Bertz CT molecular complexity index is 337. The van der Waals surface area contributed by atoms with Crippen molar-refractivity contribution < 1.29 is 28.7 Å². The maximum Gasteiger partial charge on any atom is 0.330 e.